The van der Waals surface area contributed by atoms with Gasteiger partial charge in [-0.1, -0.05) is 50.4 Å². The Kier molecular flexibility index (Phi) is 7.40. The zero-order valence-electron chi connectivity index (χ0n) is 16.3. The second-order valence-electron chi connectivity index (χ2n) is 6.65. The third-order valence-corrected chi connectivity index (χ3v) is 5.67. The summed E-state index contributed by atoms with van der Waals surface area (Å²) in [6.07, 6.45) is 5.93. The summed E-state index contributed by atoms with van der Waals surface area (Å²) in [5.41, 5.74) is 0.911. The van der Waals surface area contributed by atoms with Crippen molar-refractivity contribution in [2.75, 3.05) is 13.1 Å². The van der Waals surface area contributed by atoms with Crippen molar-refractivity contribution >= 4 is 40.5 Å². The highest BCUT2D eigenvalue weighted by molar-refractivity contribution is 8.18. The Bertz CT molecular complexity index is 888. The lowest BCUT2D eigenvalue weighted by atomic mass is 10.2. The number of thioether (sulfide) groups is 1. The summed E-state index contributed by atoms with van der Waals surface area (Å²) < 4.78 is 5.93. The number of carbonyl (C=O) groups excluding carboxylic acids is 1. The maximum atomic E-state index is 12.9. The Morgan fingerprint density at radius 3 is 2.75 bits per heavy atom. The topological polar surface area (TPSA) is 45.8 Å². The number of amides is 1. The van der Waals surface area contributed by atoms with E-state index in [0.29, 0.717) is 22.2 Å². The fraction of sp³-hybridized carbons (Fsp3) is 0.364. The predicted octanol–water partition coefficient (Wildman–Crippen LogP) is 6.47. The van der Waals surface area contributed by atoms with Crippen LogP contribution in [0.25, 0.3) is 17.4 Å². The van der Waals surface area contributed by atoms with Crippen molar-refractivity contribution in [3.63, 3.8) is 0 Å². The zero-order valence-corrected chi connectivity index (χ0v) is 17.9. The fourth-order valence-corrected chi connectivity index (χ4v) is 4.03. The molecule has 28 heavy (non-hydrogen) atoms. The number of hydrogen-bond donors (Lipinski definition) is 0. The molecule has 4 nitrogen and oxygen atoms in total. The molecule has 2 heterocycles. The number of benzene rings is 1. The quantitative estimate of drug-likeness (QED) is 0.365. The van der Waals surface area contributed by atoms with Gasteiger partial charge < -0.3 is 4.42 Å². The Morgan fingerprint density at radius 1 is 1.18 bits per heavy atom. The second kappa shape index (κ2) is 9.99. The van der Waals surface area contributed by atoms with Gasteiger partial charge in [-0.25, -0.2) is 0 Å². The van der Waals surface area contributed by atoms with E-state index in [2.05, 4.69) is 18.8 Å². The smallest absolute Gasteiger partial charge is 0.266 e. The summed E-state index contributed by atoms with van der Waals surface area (Å²) in [4.78, 5) is 20.0. The third kappa shape index (κ3) is 5.09. The molecule has 0 unspecified atom stereocenters. The molecule has 1 aliphatic rings. The summed E-state index contributed by atoms with van der Waals surface area (Å²) >= 11 is 7.50. The lowest BCUT2D eigenvalue weighted by Crippen LogP contribution is -2.30. The van der Waals surface area contributed by atoms with Gasteiger partial charge in [-0.3, -0.25) is 14.7 Å². The average Bonchev–Trinajstić information content (AvgIpc) is 3.26. The minimum atomic E-state index is 0.00871. The van der Waals surface area contributed by atoms with Gasteiger partial charge in [0.15, 0.2) is 5.17 Å². The van der Waals surface area contributed by atoms with E-state index in [1.54, 1.807) is 4.90 Å². The van der Waals surface area contributed by atoms with Gasteiger partial charge in [-0.05, 0) is 48.9 Å². The van der Waals surface area contributed by atoms with Crippen LogP contribution in [-0.4, -0.2) is 29.1 Å². The molecule has 1 aromatic heterocycles. The third-order valence-electron chi connectivity index (χ3n) is 4.39. The van der Waals surface area contributed by atoms with Crippen LogP contribution in [0.15, 0.2) is 50.7 Å². The van der Waals surface area contributed by atoms with Crippen LogP contribution in [0.5, 0.6) is 0 Å². The van der Waals surface area contributed by atoms with Crippen LogP contribution in [0.2, 0.25) is 5.02 Å². The van der Waals surface area contributed by atoms with Crippen molar-refractivity contribution in [3.8, 4) is 11.3 Å². The predicted molar refractivity (Wildman–Crippen MR) is 119 cm³/mol. The van der Waals surface area contributed by atoms with Crippen LogP contribution in [0.3, 0.4) is 0 Å². The molecule has 1 amide bonds. The van der Waals surface area contributed by atoms with E-state index in [4.69, 9.17) is 16.0 Å². The molecule has 1 aromatic carbocycles. The summed E-state index contributed by atoms with van der Waals surface area (Å²) in [6, 6.07) is 11.3. The van der Waals surface area contributed by atoms with E-state index >= 15 is 0 Å². The highest BCUT2D eigenvalue weighted by Crippen LogP contribution is 2.34. The molecule has 1 aliphatic heterocycles. The van der Waals surface area contributed by atoms with Gasteiger partial charge >= 0.3 is 0 Å². The Balaban J connectivity index is 1.81. The van der Waals surface area contributed by atoms with E-state index in [0.717, 1.165) is 48.7 Å². The summed E-state index contributed by atoms with van der Waals surface area (Å²) in [6.45, 7) is 5.72. The van der Waals surface area contributed by atoms with Crippen LogP contribution in [-0.2, 0) is 4.79 Å². The Morgan fingerprint density at radius 2 is 2.00 bits per heavy atom. The van der Waals surface area contributed by atoms with Gasteiger partial charge in [0.1, 0.15) is 11.5 Å². The van der Waals surface area contributed by atoms with Crippen molar-refractivity contribution in [2.45, 2.75) is 39.5 Å². The van der Waals surface area contributed by atoms with Crippen LogP contribution in [0.1, 0.15) is 45.3 Å². The number of halogens is 1. The molecular weight excluding hydrogens is 392 g/mol. The van der Waals surface area contributed by atoms with Crippen LogP contribution < -0.4 is 0 Å². The molecule has 2 aromatic rings. The maximum Gasteiger partial charge on any atom is 0.266 e. The first-order chi connectivity index (χ1) is 13.6. The zero-order chi connectivity index (χ0) is 19.9. The van der Waals surface area contributed by atoms with Gasteiger partial charge in [0.25, 0.3) is 5.91 Å². The van der Waals surface area contributed by atoms with Gasteiger partial charge in [-0.15, -0.1) is 0 Å². The number of aliphatic imine (C=N–C) groups is 1. The van der Waals surface area contributed by atoms with Crippen molar-refractivity contribution in [3.05, 3.63) is 52.1 Å². The molecule has 0 radical (unpaired) electrons. The first kappa shape index (κ1) is 20.7. The van der Waals surface area contributed by atoms with Crippen molar-refractivity contribution < 1.29 is 9.21 Å². The molecule has 0 N–H and O–H groups in total. The maximum absolute atomic E-state index is 12.9. The Hall–Kier alpha value is -1.98. The number of nitrogens with zero attached hydrogens (tertiary/aromatic N) is 2. The molecule has 0 saturated carbocycles. The highest BCUT2D eigenvalue weighted by Gasteiger charge is 2.32. The average molecular weight is 417 g/mol. The number of furan rings is 1. The van der Waals surface area contributed by atoms with Crippen molar-refractivity contribution in [1.29, 1.82) is 0 Å². The van der Waals surface area contributed by atoms with E-state index in [1.807, 2.05) is 42.5 Å². The molecule has 0 atom stereocenters. The van der Waals surface area contributed by atoms with Crippen molar-refractivity contribution in [1.82, 2.24) is 4.90 Å². The molecule has 6 heteroatoms. The minimum Gasteiger partial charge on any atom is -0.457 e. The molecule has 0 aliphatic carbocycles. The van der Waals surface area contributed by atoms with Crippen LogP contribution in [0.4, 0.5) is 0 Å². The molecule has 0 spiro atoms. The van der Waals surface area contributed by atoms with Crippen LogP contribution in [0, 0.1) is 0 Å². The Labute approximate surface area is 175 Å². The molecule has 3 rings (SSSR count). The summed E-state index contributed by atoms with van der Waals surface area (Å²) in [7, 11) is 0. The molecular formula is C22H25ClN2O2S. The minimum absolute atomic E-state index is 0.00871. The van der Waals surface area contributed by atoms with Gasteiger partial charge in [-0.2, -0.15) is 0 Å². The largest absolute Gasteiger partial charge is 0.457 e. The highest BCUT2D eigenvalue weighted by atomic mass is 35.5. The van der Waals surface area contributed by atoms with Gasteiger partial charge in [0, 0.05) is 29.8 Å². The summed E-state index contributed by atoms with van der Waals surface area (Å²) in [5, 5.41) is 1.47. The number of carbonyl (C=O) groups is 1. The van der Waals surface area contributed by atoms with Gasteiger partial charge in [0.05, 0.1) is 4.91 Å². The normalized spacial score (nSPS) is 17.2. The number of rotatable bonds is 8. The monoisotopic (exact) mass is 416 g/mol. The molecule has 0 bridgehead atoms. The van der Waals surface area contributed by atoms with Gasteiger partial charge in [0.2, 0.25) is 0 Å². The molecule has 148 valence electrons. The lowest BCUT2D eigenvalue weighted by Gasteiger charge is -2.14. The first-order valence-electron chi connectivity index (χ1n) is 9.74. The van der Waals surface area contributed by atoms with E-state index in [-0.39, 0.29) is 5.91 Å². The standard InChI is InChI=1S/C22H25ClN2O2S/c1-3-5-12-24-22-25(13-6-4-2)21(26)20(28-22)15-18-10-11-19(27-18)16-8-7-9-17(23)14-16/h7-11,14-15H,3-6,12-13H2,1-2H3. The number of amidine groups is 1. The van der Waals surface area contributed by atoms with E-state index < -0.39 is 0 Å². The summed E-state index contributed by atoms with van der Waals surface area (Å²) in [5.74, 6) is 1.38. The first-order valence-corrected chi connectivity index (χ1v) is 10.9. The number of unbranched alkanes of at least 4 members (excludes halogenated alkanes) is 2. The molecule has 1 saturated heterocycles. The second-order valence-corrected chi connectivity index (χ2v) is 8.10. The SMILES string of the molecule is CCCCN=C1SC(=Cc2ccc(-c3cccc(Cl)c3)o2)C(=O)N1CCCC. The van der Waals surface area contributed by atoms with Crippen LogP contribution >= 0.6 is 23.4 Å². The van der Waals surface area contributed by atoms with Crippen molar-refractivity contribution in [2.24, 2.45) is 4.99 Å². The number of hydrogen-bond acceptors (Lipinski definition) is 4. The lowest BCUT2D eigenvalue weighted by molar-refractivity contribution is -0.122. The molecule has 1 fully saturated rings. The van der Waals surface area contributed by atoms with E-state index in [1.165, 1.54) is 11.8 Å². The fourth-order valence-electron chi connectivity index (χ4n) is 2.83. The van der Waals surface area contributed by atoms with E-state index in [9.17, 15) is 4.79 Å².